The number of carbonyl (C=O) groups is 1. The molecule has 1 atom stereocenters. The van der Waals surface area contributed by atoms with Gasteiger partial charge < -0.3 is 9.84 Å². The number of carboxylic acid groups (broad SMARTS) is 1. The van der Waals surface area contributed by atoms with Gasteiger partial charge in [-0.1, -0.05) is 36.4 Å². The Morgan fingerprint density at radius 3 is 2.70 bits per heavy atom. The van der Waals surface area contributed by atoms with Crippen molar-refractivity contribution in [3.8, 4) is 0 Å². The molecule has 0 aliphatic carbocycles. The number of hydrogen-bond acceptors (Lipinski definition) is 3. The van der Waals surface area contributed by atoms with Crippen molar-refractivity contribution < 1.29 is 14.6 Å². The van der Waals surface area contributed by atoms with Crippen LogP contribution in [0.25, 0.3) is 0 Å². The zero-order chi connectivity index (χ0) is 16.2. The lowest BCUT2D eigenvalue weighted by Gasteiger charge is -2.29. The second-order valence-corrected chi connectivity index (χ2v) is 6.01. The number of nitrogens with zero attached hydrogens (tertiary/aromatic N) is 1. The van der Waals surface area contributed by atoms with Crippen molar-refractivity contribution in [2.24, 2.45) is 0 Å². The second-order valence-electron chi connectivity index (χ2n) is 6.01. The number of rotatable bonds is 5. The number of hydrogen-bond donors (Lipinski definition) is 1. The molecule has 0 radical (unpaired) electrons. The number of benzene rings is 2. The quantitative estimate of drug-likeness (QED) is 0.921. The van der Waals surface area contributed by atoms with E-state index in [1.165, 1.54) is 11.1 Å². The molecule has 3 rings (SSSR count). The van der Waals surface area contributed by atoms with Crippen LogP contribution in [0.1, 0.15) is 33.2 Å². The number of carboxylic acids is 1. The Morgan fingerprint density at radius 1 is 1.22 bits per heavy atom. The van der Waals surface area contributed by atoms with E-state index in [4.69, 9.17) is 9.84 Å². The zero-order valence-electron chi connectivity index (χ0n) is 13.2. The summed E-state index contributed by atoms with van der Waals surface area (Å²) >= 11 is 0. The highest BCUT2D eigenvalue weighted by Crippen LogP contribution is 2.27. The van der Waals surface area contributed by atoms with Crippen LogP contribution in [0.4, 0.5) is 0 Å². The van der Waals surface area contributed by atoms with E-state index in [1.54, 1.807) is 12.1 Å². The van der Waals surface area contributed by atoms with E-state index < -0.39 is 5.97 Å². The van der Waals surface area contributed by atoms with E-state index >= 15 is 0 Å². The lowest BCUT2D eigenvalue weighted by molar-refractivity contribution is 0.0197. The maximum atomic E-state index is 10.9. The third kappa shape index (κ3) is 3.78. The van der Waals surface area contributed by atoms with Gasteiger partial charge in [-0.2, -0.15) is 0 Å². The van der Waals surface area contributed by atoms with Crippen molar-refractivity contribution in [3.63, 3.8) is 0 Å². The normalized spacial score (nSPS) is 17.0. The third-order valence-corrected chi connectivity index (χ3v) is 4.22. The van der Waals surface area contributed by atoms with Crippen molar-refractivity contribution in [2.45, 2.75) is 19.1 Å². The van der Waals surface area contributed by atoms with E-state index in [1.807, 2.05) is 12.1 Å². The van der Waals surface area contributed by atoms with Gasteiger partial charge in [-0.15, -0.1) is 0 Å². The molecule has 1 heterocycles. The summed E-state index contributed by atoms with van der Waals surface area (Å²) in [6.07, 6.45) is 1.08. The van der Waals surface area contributed by atoms with Crippen molar-refractivity contribution >= 4 is 5.97 Å². The molecular formula is C19H21NO3. The van der Waals surface area contributed by atoms with Gasteiger partial charge in [0.25, 0.3) is 0 Å². The van der Waals surface area contributed by atoms with Gasteiger partial charge in [0, 0.05) is 13.1 Å². The number of fused-ring (bicyclic) bond motifs is 1. The van der Waals surface area contributed by atoms with Crippen LogP contribution in [0.5, 0.6) is 0 Å². The monoisotopic (exact) mass is 311 g/mol. The summed E-state index contributed by atoms with van der Waals surface area (Å²) in [4.78, 5) is 13.1. The molecule has 4 nitrogen and oxygen atoms in total. The lowest BCUT2D eigenvalue weighted by Crippen LogP contribution is -2.29. The largest absolute Gasteiger partial charge is 0.478 e. The van der Waals surface area contributed by atoms with Gasteiger partial charge in [-0.25, -0.2) is 4.79 Å². The maximum absolute atomic E-state index is 10.9. The Kier molecular flexibility index (Phi) is 4.74. The lowest BCUT2D eigenvalue weighted by atomic mass is 9.97. The Balaban J connectivity index is 1.64. The summed E-state index contributed by atoms with van der Waals surface area (Å²) in [5.41, 5.74) is 4.08. The fourth-order valence-electron chi connectivity index (χ4n) is 3.04. The van der Waals surface area contributed by atoms with Crippen LogP contribution in [-0.2, 0) is 17.7 Å². The molecule has 120 valence electrons. The highest BCUT2D eigenvalue weighted by molar-refractivity contribution is 5.87. The molecule has 1 aliphatic rings. The average molecular weight is 311 g/mol. The first-order valence-electron chi connectivity index (χ1n) is 7.83. The van der Waals surface area contributed by atoms with Crippen molar-refractivity contribution in [1.29, 1.82) is 0 Å². The molecule has 1 N–H and O–H groups in total. The van der Waals surface area contributed by atoms with Gasteiger partial charge in [0.05, 0.1) is 18.3 Å². The highest BCUT2D eigenvalue weighted by Gasteiger charge is 2.21. The van der Waals surface area contributed by atoms with E-state index in [-0.39, 0.29) is 6.10 Å². The predicted octanol–water partition coefficient (Wildman–Crippen LogP) is 3.13. The first kappa shape index (κ1) is 15.7. The summed E-state index contributed by atoms with van der Waals surface area (Å²) < 4.78 is 5.94. The van der Waals surface area contributed by atoms with Crippen molar-refractivity contribution in [2.75, 3.05) is 20.2 Å². The van der Waals surface area contributed by atoms with Crippen LogP contribution in [0.2, 0.25) is 0 Å². The summed E-state index contributed by atoms with van der Waals surface area (Å²) in [7, 11) is 2.06. The zero-order valence-corrected chi connectivity index (χ0v) is 13.2. The SMILES string of the molecule is CN(Cc1ccc(C(=O)O)cc1)CC1OCCc2ccccc21. The number of aromatic carboxylic acids is 1. The van der Waals surface area contributed by atoms with Gasteiger partial charge in [-0.3, -0.25) is 4.90 Å². The van der Waals surface area contributed by atoms with Crippen LogP contribution in [0, 0.1) is 0 Å². The Labute approximate surface area is 136 Å². The van der Waals surface area contributed by atoms with Crippen molar-refractivity contribution in [1.82, 2.24) is 4.90 Å². The molecule has 1 aliphatic heterocycles. The molecule has 4 heteroatoms. The fourth-order valence-corrected chi connectivity index (χ4v) is 3.04. The minimum absolute atomic E-state index is 0.100. The Hall–Kier alpha value is -2.17. The second kappa shape index (κ2) is 6.94. The molecule has 23 heavy (non-hydrogen) atoms. The highest BCUT2D eigenvalue weighted by atomic mass is 16.5. The van der Waals surface area contributed by atoms with Crippen LogP contribution in [0.3, 0.4) is 0 Å². The van der Waals surface area contributed by atoms with Crippen LogP contribution < -0.4 is 0 Å². The summed E-state index contributed by atoms with van der Waals surface area (Å²) in [5.74, 6) is -0.892. The molecule has 0 bridgehead atoms. The molecule has 0 aromatic heterocycles. The fraction of sp³-hybridized carbons (Fsp3) is 0.316. The van der Waals surface area contributed by atoms with E-state index in [0.717, 1.165) is 31.7 Å². The van der Waals surface area contributed by atoms with Crippen LogP contribution in [0.15, 0.2) is 48.5 Å². The molecule has 0 saturated heterocycles. The van der Waals surface area contributed by atoms with Crippen LogP contribution >= 0.6 is 0 Å². The van der Waals surface area contributed by atoms with Gasteiger partial charge >= 0.3 is 5.97 Å². The van der Waals surface area contributed by atoms with Crippen LogP contribution in [-0.4, -0.2) is 36.2 Å². The maximum Gasteiger partial charge on any atom is 0.335 e. The molecule has 0 fully saturated rings. The van der Waals surface area contributed by atoms with Gasteiger partial charge in [0.1, 0.15) is 0 Å². The van der Waals surface area contributed by atoms with E-state index in [0.29, 0.717) is 5.56 Å². The average Bonchev–Trinajstić information content (AvgIpc) is 2.55. The van der Waals surface area contributed by atoms with Crippen molar-refractivity contribution in [3.05, 3.63) is 70.8 Å². The van der Waals surface area contributed by atoms with E-state index in [2.05, 4.69) is 36.2 Å². The Bertz CT molecular complexity index is 681. The first-order chi connectivity index (χ1) is 11.1. The predicted molar refractivity (Wildman–Crippen MR) is 88.6 cm³/mol. The summed E-state index contributed by atoms with van der Waals surface area (Å²) in [5, 5.41) is 8.94. The third-order valence-electron chi connectivity index (χ3n) is 4.22. The molecule has 0 spiro atoms. The molecule has 2 aromatic carbocycles. The van der Waals surface area contributed by atoms with E-state index in [9.17, 15) is 4.79 Å². The topological polar surface area (TPSA) is 49.8 Å². The number of ether oxygens (including phenoxy) is 1. The molecule has 0 amide bonds. The minimum atomic E-state index is -0.892. The molecule has 0 saturated carbocycles. The Morgan fingerprint density at radius 2 is 1.96 bits per heavy atom. The summed E-state index contributed by atoms with van der Waals surface area (Å²) in [6.45, 7) is 2.35. The smallest absolute Gasteiger partial charge is 0.335 e. The van der Waals surface area contributed by atoms with Gasteiger partial charge in [0.15, 0.2) is 0 Å². The minimum Gasteiger partial charge on any atom is -0.478 e. The van der Waals surface area contributed by atoms with Gasteiger partial charge in [0.2, 0.25) is 0 Å². The first-order valence-corrected chi connectivity index (χ1v) is 7.83. The summed E-state index contributed by atoms with van der Waals surface area (Å²) in [6, 6.07) is 15.5. The molecule has 1 unspecified atom stereocenters. The molecular weight excluding hydrogens is 290 g/mol. The number of likely N-dealkylation sites (N-methyl/N-ethyl adjacent to an activating group) is 1. The standard InChI is InChI=1S/C19H21NO3/c1-20(12-14-6-8-16(9-7-14)19(21)22)13-18-17-5-3-2-4-15(17)10-11-23-18/h2-9,18H,10-13H2,1H3,(H,21,22). The van der Waals surface area contributed by atoms with Gasteiger partial charge in [-0.05, 0) is 42.3 Å². The molecule has 2 aromatic rings.